The average molecular weight is 364 g/mol. The van der Waals surface area contributed by atoms with Gasteiger partial charge in [0, 0.05) is 12.3 Å². The zero-order chi connectivity index (χ0) is 18.0. The van der Waals surface area contributed by atoms with Crippen molar-refractivity contribution in [2.45, 2.75) is 22.8 Å². The van der Waals surface area contributed by atoms with Crippen molar-refractivity contribution in [3.8, 4) is 6.07 Å². The predicted octanol–water partition coefficient (Wildman–Crippen LogP) is 2.00. The third-order valence-electron chi connectivity index (χ3n) is 3.43. The van der Waals surface area contributed by atoms with E-state index in [-0.39, 0.29) is 9.79 Å². The molecule has 0 saturated carbocycles. The molecule has 0 heterocycles. The second-order valence-electron chi connectivity index (χ2n) is 5.32. The van der Waals surface area contributed by atoms with Gasteiger partial charge >= 0.3 is 0 Å². The predicted molar refractivity (Wildman–Crippen MR) is 89.4 cm³/mol. The first kappa shape index (κ1) is 18.1. The van der Waals surface area contributed by atoms with Crippen LogP contribution in [0, 0.1) is 11.3 Å². The molecule has 1 unspecified atom stereocenters. The number of nitrogens with one attached hydrogen (secondary N) is 1. The fraction of sp³-hybridized carbons (Fsp3) is 0.188. The van der Waals surface area contributed by atoms with Crippen molar-refractivity contribution < 1.29 is 16.8 Å². The summed E-state index contributed by atoms with van der Waals surface area (Å²) in [4.78, 5) is 0.231. The topological polar surface area (TPSA) is 104 Å². The quantitative estimate of drug-likeness (QED) is 0.874. The van der Waals surface area contributed by atoms with Crippen LogP contribution in [0.15, 0.2) is 58.3 Å². The summed E-state index contributed by atoms with van der Waals surface area (Å²) in [7, 11) is -7.04. The van der Waals surface area contributed by atoms with Crippen molar-refractivity contribution in [1.82, 2.24) is 4.72 Å². The highest BCUT2D eigenvalue weighted by atomic mass is 32.2. The van der Waals surface area contributed by atoms with E-state index in [1.807, 2.05) is 6.07 Å². The average Bonchev–Trinajstić information content (AvgIpc) is 2.54. The van der Waals surface area contributed by atoms with Gasteiger partial charge < -0.3 is 0 Å². The van der Waals surface area contributed by atoms with Gasteiger partial charge in [0.1, 0.15) is 0 Å². The Morgan fingerprint density at radius 2 is 1.42 bits per heavy atom. The van der Waals surface area contributed by atoms with E-state index in [0.29, 0.717) is 11.1 Å². The molecule has 6 nitrogen and oxygen atoms in total. The number of nitrogens with zero attached hydrogens (tertiary/aromatic N) is 1. The largest absolute Gasteiger partial charge is 0.241 e. The summed E-state index contributed by atoms with van der Waals surface area (Å²) in [5.74, 6) is 0. The van der Waals surface area contributed by atoms with E-state index in [1.165, 1.54) is 36.4 Å². The van der Waals surface area contributed by atoms with Gasteiger partial charge in [-0.2, -0.15) is 5.26 Å². The Bertz CT molecular complexity index is 972. The van der Waals surface area contributed by atoms with Crippen molar-refractivity contribution >= 4 is 19.9 Å². The lowest BCUT2D eigenvalue weighted by atomic mass is 10.1. The van der Waals surface area contributed by atoms with Crippen LogP contribution in [-0.2, 0) is 19.9 Å². The van der Waals surface area contributed by atoms with Crippen LogP contribution in [0.4, 0.5) is 0 Å². The number of sulfonamides is 1. The molecule has 2 aromatic rings. The van der Waals surface area contributed by atoms with Crippen LogP contribution in [0.1, 0.15) is 24.1 Å². The zero-order valence-electron chi connectivity index (χ0n) is 13.1. The number of benzene rings is 2. The first-order valence-electron chi connectivity index (χ1n) is 6.96. The van der Waals surface area contributed by atoms with Gasteiger partial charge in [-0.15, -0.1) is 0 Å². The van der Waals surface area contributed by atoms with Gasteiger partial charge in [-0.05, 0) is 48.9 Å². The summed E-state index contributed by atoms with van der Waals surface area (Å²) in [6, 6.07) is 13.0. The molecule has 126 valence electrons. The zero-order valence-corrected chi connectivity index (χ0v) is 14.7. The van der Waals surface area contributed by atoms with E-state index in [2.05, 4.69) is 4.72 Å². The molecular weight excluding hydrogens is 348 g/mol. The Labute approximate surface area is 141 Å². The minimum atomic E-state index is -3.75. The minimum absolute atomic E-state index is 0.0566. The normalized spacial score (nSPS) is 13.2. The van der Waals surface area contributed by atoms with Crippen LogP contribution in [0.5, 0.6) is 0 Å². The van der Waals surface area contributed by atoms with E-state index in [1.54, 1.807) is 19.1 Å². The summed E-state index contributed by atoms with van der Waals surface area (Å²) >= 11 is 0. The first-order valence-corrected chi connectivity index (χ1v) is 10.3. The van der Waals surface area contributed by atoms with E-state index in [9.17, 15) is 16.8 Å². The Morgan fingerprint density at radius 3 is 1.88 bits per heavy atom. The molecule has 0 bridgehead atoms. The monoisotopic (exact) mass is 364 g/mol. The van der Waals surface area contributed by atoms with Crippen LogP contribution >= 0.6 is 0 Å². The fourth-order valence-corrected chi connectivity index (χ4v) is 3.94. The third-order valence-corrected chi connectivity index (χ3v) is 6.12. The molecule has 0 fully saturated rings. The summed E-state index contributed by atoms with van der Waals surface area (Å²) in [5.41, 5.74) is 1.01. The Kier molecular flexibility index (Phi) is 5.08. The third kappa shape index (κ3) is 4.20. The second kappa shape index (κ2) is 6.73. The number of hydrogen-bond donors (Lipinski definition) is 1. The van der Waals surface area contributed by atoms with Crippen molar-refractivity contribution in [1.29, 1.82) is 5.26 Å². The van der Waals surface area contributed by atoms with E-state index in [4.69, 9.17) is 5.26 Å². The summed E-state index contributed by atoms with van der Waals surface area (Å²) in [6.07, 6.45) is 1.11. The van der Waals surface area contributed by atoms with Crippen molar-refractivity contribution in [2.75, 3.05) is 6.26 Å². The molecule has 24 heavy (non-hydrogen) atoms. The molecule has 0 saturated heterocycles. The van der Waals surface area contributed by atoms with Crippen molar-refractivity contribution in [3.05, 3.63) is 59.7 Å². The molecular formula is C16H16N2O4S2. The molecule has 1 atom stereocenters. The molecule has 8 heteroatoms. The summed E-state index contributed by atoms with van der Waals surface area (Å²) in [5, 5.41) is 8.75. The van der Waals surface area contributed by atoms with E-state index < -0.39 is 25.9 Å². The number of rotatable bonds is 5. The van der Waals surface area contributed by atoms with Crippen LogP contribution in [-0.4, -0.2) is 23.1 Å². The summed E-state index contributed by atoms with van der Waals surface area (Å²) in [6.45, 7) is 1.66. The molecule has 0 aliphatic heterocycles. The minimum Gasteiger partial charge on any atom is -0.224 e. The molecule has 1 N–H and O–H groups in total. The number of hydrogen-bond acceptors (Lipinski definition) is 5. The Balaban J connectivity index is 2.21. The maximum absolute atomic E-state index is 12.4. The van der Waals surface area contributed by atoms with Crippen molar-refractivity contribution in [3.63, 3.8) is 0 Å². The molecule has 0 aliphatic rings. The maximum atomic E-state index is 12.4. The number of sulfone groups is 1. The highest BCUT2D eigenvalue weighted by molar-refractivity contribution is 7.90. The van der Waals surface area contributed by atoms with E-state index in [0.717, 1.165) is 6.26 Å². The molecule has 0 amide bonds. The summed E-state index contributed by atoms with van der Waals surface area (Å²) < 4.78 is 50.1. The van der Waals surface area contributed by atoms with Gasteiger partial charge in [-0.1, -0.05) is 12.1 Å². The smallest absolute Gasteiger partial charge is 0.224 e. The highest BCUT2D eigenvalue weighted by Gasteiger charge is 2.18. The van der Waals surface area contributed by atoms with Gasteiger partial charge in [-0.25, -0.2) is 21.6 Å². The lowest BCUT2D eigenvalue weighted by Crippen LogP contribution is -2.26. The molecule has 0 radical (unpaired) electrons. The number of nitriles is 1. The van der Waals surface area contributed by atoms with Gasteiger partial charge in [0.2, 0.25) is 10.0 Å². The Hall–Kier alpha value is -2.21. The first-order chi connectivity index (χ1) is 11.1. The fourth-order valence-electron chi connectivity index (χ4n) is 2.08. The molecule has 0 spiro atoms. The van der Waals surface area contributed by atoms with Crippen LogP contribution in [0.3, 0.4) is 0 Å². The van der Waals surface area contributed by atoms with Crippen LogP contribution in [0.25, 0.3) is 0 Å². The standard InChI is InChI=1S/C16H16N2O4S2/c1-12(14-5-9-15(10-6-14)23(2,19)20)18-24(21,22)16-7-3-13(11-17)4-8-16/h3-10,12,18H,1-2H3. The van der Waals surface area contributed by atoms with Crippen LogP contribution < -0.4 is 4.72 Å². The maximum Gasteiger partial charge on any atom is 0.241 e. The van der Waals surface area contributed by atoms with Gasteiger partial charge in [0.25, 0.3) is 0 Å². The van der Waals surface area contributed by atoms with Gasteiger partial charge in [-0.3, -0.25) is 0 Å². The highest BCUT2D eigenvalue weighted by Crippen LogP contribution is 2.19. The molecule has 0 aliphatic carbocycles. The van der Waals surface area contributed by atoms with Gasteiger partial charge in [0.15, 0.2) is 9.84 Å². The lowest BCUT2D eigenvalue weighted by Gasteiger charge is -2.15. The van der Waals surface area contributed by atoms with Crippen molar-refractivity contribution in [2.24, 2.45) is 0 Å². The van der Waals surface area contributed by atoms with Crippen LogP contribution in [0.2, 0.25) is 0 Å². The second-order valence-corrected chi connectivity index (χ2v) is 9.05. The SMILES string of the molecule is CC(NS(=O)(=O)c1ccc(C#N)cc1)c1ccc(S(C)(=O)=O)cc1. The lowest BCUT2D eigenvalue weighted by molar-refractivity contribution is 0.566. The molecule has 0 aromatic heterocycles. The van der Waals surface area contributed by atoms with E-state index >= 15 is 0 Å². The molecule has 2 aromatic carbocycles. The molecule has 2 rings (SSSR count). The van der Waals surface area contributed by atoms with Gasteiger partial charge in [0.05, 0.1) is 21.4 Å². The Morgan fingerprint density at radius 1 is 0.917 bits per heavy atom.